The molecule has 0 saturated heterocycles. The molecule has 2 heterocycles. The van der Waals surface area contributed by atoms with E-state index in [0.29, 0.717) is 23.3 Å². The van der Waals surface area contributed by atoms with E-state index in [0.717, 1.165) is 42.7 Å². The summed E-state index contributed by atoms with van der Waals surface area (Å²) in [5.74, 6) is 2.32. The molecule has 0 atom stereocenters. The first-order valence-electron chi connectivity index (χ1n) is 9.66. The number of fused-ring (bicyclic) bond motifs is 1. The maximum atomic E-state index is 13.9. The van der Waals surface area contributed by atoms with Crippen LogP contribution in [0.5, 0.6) is 0 Å². The van der Waals surface area contributed by atoms with Gasteiger partial charge in [-0.25, -0.2) is 18.4 Å². The molecular weight excluding hydrogens is 320 g/mol. The van der Waals surface area contributed by atoms with Crippen molar-refractivity contribution in [3.63, 3.8) is 0 Å². The molecule has 0 radical (unpaired) electrons. The average molecular weight is 345 g/mol. The van der Waals surface area contributed by atoms with Gasteiger partial charge in [0.2, 0.25) is 0 Å². The molecule has 4 aliphatic rings. The number of pyridine rings is 1. The van der Waals surface area contributed by atoms with Gasteiger partial charge in [-0.2, -0.15) is 5.10 Å². The number of aryl methyl sites for hydroxylation is 2. The van der Waals surface area contributed by atoms with E-state index in [9.17, 15) is 8.78 Å². The number of alkyl halides is 2. The predicted octanol–water partition coefficient (Wildman–Crippen LogP) is 5.17. The van der Waals surface area contributed by atoms with Gasteiger partial charge in [0.25, 0.3) is 6.43 Å². The van der Waals surface area contributed by atoms with E-state index in [4.69, 9.17) is 4.98 Å². The van der Waals surface area contributed by atoms with E-state index in [1.54, 1.807) is 10.7 Å². The zero-order chi connectivity index (χ0) is 17.3. The second-order valence-electron chi connectivity index (χ2n) is 8.70. The number of aromatic nitrogens is 3. The standard InChI is InChI=1S/C20H25F2N3/c1-3-25-19-17(11(2)24-25)15(18(21)22)7-16(23-19)20-8-12-4-13(9-20)6-14(5-12)10-20/h7,12-14,18H,3-6,8-10H2,1-2H3. The molecule has 2 aromatic rings. The Morgan fingerprint density at radius 2 is 1.76 bits per heavy atom. The Morgan fingerprint density at radius 1 is 1.16 bits per heavy atom. The maximum absolute atomic E-state index is 13.9. The summed E-state index contributed by atoms with van der Waals surface area (Å²) in [5.41, 5.74) is 2.40. The molecule has 0 unspecified atom stereocenters. The molecule has 3 nitrogen and oxygen atoms in total. The van der Waals surface area contributed by atoms with Gasteiger partial charge in [-0.15, -0.1) is 0 Å². The normalized spacial score (nSPS) is 33.7. The van der Waals surface area contributed by atoms with E-state index in [2.05, 4.69) is 5.10 Å². The number of nitrogens with zero attached hydrogens (tertiary/aromatic N) is 3. The van der Waals surface area contributed by atoms with Crippen molar-refractivity contribution in [2.45, 2.75) is 70.8 Å². The molecule has 25 heavy (non-hydrogen) atoms. The van der Waals surface area contributed by atoms with Gasteiger partial charge in [-0.3, -0.25) is 0 Å². The van der Waals surface area contributed by atoms with Crippen molar-refractivity contribution in [3.8, 4) is 0 Å². The highest BCUT2D eigenvalue weighted by atomic mass is 19.3. The van der Waals surface area contributed by atoms with Crippen LogP contribution in [0, 0.1) is 24.7 Å². The molecule has 6 rings (SSSR count). The van der Waals surface area contributed by atoms with E-state index >= 15 is 0 Å². The highest BCUT2D eigenvalue weighted by molar-refractivity contribution is 5.83. The Bertz CT molecular complexity index is 804. The summed E-state index contributed by atoms with van der Waals surface area (Å²) < 4.78 is 29.5. The second-order valence-corrected chi connectivity index (χ2v) is 8.70. The highest BCUT2D eigenvalue weighted by Crippen LogP contribution is 2.60. The van der Waals surface area contributed by atoms with Gasteiger partial charge in [0.1, 0.15) is 0 Å². The lowest BCUT2D eigenvalue weighted by molar-refractivity contribution is -0.00722. The molecule has 0 N–H and O–H groups in total. The molecule has 0 amide bonds. The van der Waals surface area contributed by atoms with Crippen molar-refractivity contribution in [1.82, 2.24) is 14.8 Å². The van der Waals surface area contributed by atoms with Crippen LogP contribution in [-0.4, -0.2) is 14.8 Å². The van der Waals surface area contributed by atoms with Crippen LogP contribution in [0.3, 0.4) is 0 Å². The second kappa shape index (κ2) is 5.24. The smallest absolute Gasteiger partial charge is 0.247 e. The number of hydrogen-bond acceptors (Lipinski definition) is 2. The highest BCUT2D eigenvalue weighted by Gasteiger charge is 2.52. The van der Waals surface area contributed by atoms with Crippen molar-refractivity contribution in [1.29, 1.82) is 0 Å². The molecule has 4 aliphatic carbocycles. The number of halogens is 2. The van der Waals surface area contributed by atoms with Crippen molar-refractivity contribution in [2.24, 2.45) is 17.8 Å². The monoisotopic (exact) mass is 345 g/mol. The van der Waals surface area contributed by atoms with Crippen LogP contribution in [0.1, 0.15) is 68.8 Å². The largest absolute Gasteiger partial charge is 0.264 e. The van der Waals surface area contributed by atoms with Crippen molar-refractivity contribution < 1.29 is 8.78 Å². The third-order valence-electron chi connectivity index (χ3n) is 7.02. The summed E-state index contributed by atoms with van der Waals surface area (Å²) in [6.07, 6.45) is 4.96. The van der Waals surface area contributed by atoms with Gasteiger partial charge in [-0.05, 0) is 76.2 Å². The summed E-state index contributed by atoms with van der Waals surface area (Å²) >= 11 is 0. The maximum Gasteiger partial charge on any atom is 0.264 e. The number of rotatable bonds is 3. The average Bonchev–Trinajstić information content (AvgIpc) is 2.89. The van der Waals surface area contributed by atoms with Gasteiger partial charge in [0.15, 0.2) is 5.65 Å². The SMILES string of the molecule is CCn1nc(C)c2c(C(F)F)cc(C34CC5CC(CC(C5)C3)C4)nc21. The van der Waals surface area contributed by atoms with Gasteiger partial charge in [-0.1, -0.05) is 0 Å². The van der Waals surface area contributed by atoms with E-state index in [1.165, 1.54) is 19.3 Å². The Balaban J connectivity index is 1.72. The first-order valence-corrected chi connectivity index (χ1v) is 9.66. The third-order valence-corrected chi connectivity index (χ3v) is 7.02. The summed E-state index contributed by atoms with van der Waals surface area (Å²) in [5, 5.41) is 5.02. The summed E-state index contributed by atoms with van der Waals surface area (Å²) in [4.78, 5) is 4.97. The zero-order valence-corrected chi connectivity index (χ0v) is 14.9. The van der Waals surface area contributed by atoms with Crippen LogP contribution in [0.2, 0.25) is 0 Å². The van der Waals surface area contributed by atoms with Crippen LogP contribution in [0.15, 0.2) is 6.07 Å². The fourth-order valence-electron chi connectivity index (χ4n) is 6.48. The Kier molecular flexibility index (Phi) is 3.29. The summed E-state index contributed by atoms with van der Waals surface area (Å²) in [7, 11) is 0. The Morgan fingerprint density at radius 3 is 2.28 bits per heavy atom. The topological polar surface area (TPSA) is 30.7 Å². The quantitative estimate of drug-likeness (QED) is 0.769. The van der Waals surface area contributed by atoms with Crippen LogP contribution in [-0.2, 0) is 12.0 Å². The Hall–Kier alpha value is -1.52. The minimum Gasteiger partial charge on any atom is -0.247 e. The minimum atomic E-state index is -2.48. The van der Waals surface area contributed by atoms with Gasteiger partial charge in [0, 0.05) is 23.2 Å². The molecule has 5 heteroatoms. The number of hydrogen-bond donors (Lipinski definition) is 0. The molecule has 4 fully saturated rings. The molecule has 0 spiro atoms. The summed E-state index contributed by atoms with van der Waals surface area (Å²) in [6, 6.07) is 1.73. The van der Waals surface area contributed by atoms with E-state index < -0.39 is 6.43 Å². The molecular formula is C20H25F2N3. The van der Waals surface area contributed by atoms with Crippen LogP contribution >= 0.6 is 0 Å². The fraction of sp³-hybridized carbons (Fsp3) is 0.700. The minimum absolute atomic E-state index is 0.0311. The van der Waals surface area contributed by atoms with Crippen LogP contribution in [0.25, 0.3) is 11.0 Å². The molecule has 2 aromatic heterocycles. The van der Waals surface area contributed by atoms with Crippen molar-refractivity contribution in [2.75, 3.05) is 0 Å². The van der Waals surface area contributed by atoms with Gasteiger partial charge >= 0.3 is 0 Å². The molecule has 0 aromatic carbocycles. The fourth-order valence-corrected chi connectivity index (χ4v) is 6.48. The van der Waals surface area contributed by atoms with Crippen molar-refractivity contribution >= 4 is 11.0 Å². The Labute approximate surface area is 146 Å². The van der Waals surface area contributed by atoms with E-state index in [1.807, 2.05) is 13.8 Å². The third kappa shape index (κ3) is 2.20. The molecule has 0 aliphatic heterocycles. The van der Waals surface area contributed by atoms with Gasteiger partial charge < -0.3 is 0 Å². The lowest BCUT2D eigenvalue weighted by atomic mass is 9.48. The molecule has 4 bridgehead atoms. The molecule has 4 saturated carbocycles. The lowest BCUT2D eigenvalue weighted by Gasteiger charge is -2.56. The lowest BCUT2D eigenvalue weighted by Crippen LogP contribution is -2.49. The first-order chi connectivity index (χ1) is 12.0. The van der Waals surface area contributed by atoms with E-state index in [-0.39, 0.29) is 11.0 Å². The van der Waals surface area contributed by atoms with Crippen molar-refractivity contribution in [3.05, 3.63) is 23.0 Å². The summed E-state index contributed by atoms with van der Waals surface area (Å²) in [6.45, 7) is 4.46. The van der Waals surface area contributed by atoms with Crippen LogP contribution in [0.4, 0.5) is 8.78 Å². The predicted molar refractivity (Wildman–Crippen MR) is 92.7 cm³/mol. The molecule has 134 valence electrons. The zero-order valence-electron chi connectivity index (χ0n) is 14.9. The first kappa shape index (κ1) is 15.7. The van der Waals surface area contributed by atoms with Gasteiger partial charge in [0.05, 0.1) is 11.1 Å². The van der Waals surface area contributed by atoms with Crippen LogP contribution < -0.4 is 0 Å².